The Balaban J connectivity index is 1.23. The average Bonchev–Trinajstić information content (AvgIpc) is 3.21. The van der Waals surface area contributed by atoms with Gasteiger partial charge < -0.3 is 35.6 Å². The molecule has 3 atom stereocenters. The Labute approximate surface area is 239 Å². The SMILES string of the molecule is O=C(Cc1ccc2c(c1)C(=O)OC21c2ccc(O)cc2OC2C=C(O)C=CC21)CN1CCNCCNCCNCC1. The Morgan fingerprint density at radius 2 is 1.66 bits per heavy atom. The van der Waals surface area contributed by atoms with Crippen LogP contribution >= 0.6 is 0 Å². The zero-order valence-electron chi connectivity index (χ0n) is 22.9. The number of allylic oxidation sites excluding steroid dienone is 1. The lowest BCUT2D eigenvalue weighted by Crippen LogP contribution is -2.48. The van der Waals surface area contributed by atoms with E-state index in [2.05, 4.69) is 20.9 Å². The van der Waals surface area contributed by atoms with Crippen LogP contribution in [0.3, 0.4) is 0 Å². The molecule has 0 saturated carbocycles. The van der Waals surface area contributed by atoms with Gasteiger partial charge in [-0.3, -0.25) is 9.69 Å². The van der Waals surface area contributed by atoms with Gasteiger partial charge in [0.2, 0.25) is 0 Å². The topological polar surface area (TPSA) is 132 Å². The van der Waals surface area contributed by atoms with Gasteiger partial charge in [-0.25, -0.2) is 4.79 Å². The Morgan fingerprint density at radius 3 is 2.41 bits per heavy atom. The lowest BCUT2D eigenvalue weighted by molar-refractivity contribution is -0.119. The lowest BCUT2D eigenvalue weighted by atomic mass is 9.70. The largest absolute Gasteiger partial charge is 0.508 e. The fourth-order valence-electron chi connectivity index (χ4n) is 6.26. The fraction of sp³-hybridized carbons (Fsp3) is 0.419. The van der Waals surface area contributed by atoms with Crippen LogP contribution in [0.15, 0.2) is 60.4 Å². The number of rotatable bonds is 4. The van der Waals surface area contributed by atoms with Crippen molar-refractivity contribution in [2.75, 3.05) is 58.9 Å². The number of aromatic hydroxyl groups is 1. The van der Waals surface area contributed by atoms with Crippen LogP contribution in [0.1, 0.15) is 27.0 Å². The minimum atomic E-state index is -1.19. The van der Waals surface area contributed by atoms with Gasteiger partial charge in [0.1, 0.15) is 23.4 Å². The minimum absolute atomic E-state index is 0.0242. The lowest BCUT2D eigenvalue weighted by Gasteiger charge is -2.44. The zero-order valence-corrected chi connectivity index (χ0v) is 22.9. The van der Waals surface area contributed by atoms with Gasteiger partial charge in [0.15, 0.2) is 11.4 Å². The van der Waals surface area contributed by atoms with Crippen LogP contribution < -0.4 is 20.7 Å². The molecule has 1 fully saturated rings. The maximum Gasteiger partial charge on any atom is 0.339 e. The number of Topliss-reactive ketones (excluding diaryl/α,β-unsaturated/α-hetero) is 1. The molecule has 1 saturated heterocycles. The molecule has 2 aromatic carbocycles. The van der Waals surface area contributed by atoms with Gasteiger partial charge in [0.05, 0.1) is 18.0 Å². The van der Waals surface area contributed by atoms with Gasteiger partial charge in [-0.1, -0.05) is 18.2 Å². The van der Waals surface area contributed by atoms with E-state index in [-0.39, 0.29) is 23.7 Å². The molecular weight excluding hydrogens is 524 g/mol. The van der Waals surface area contributed by atoms with Gasteiger partial charge in [-0.15, -0.1) is 0 Å². The molecule has 10 heteroatoms. The van der Waals surface area contributed by atoms with Gasteiger partial charge in [-0.2, -0.15) is 0 Å². The van der Waals surface area contributed by atoms with Crippen molar-refractivity contribution in [2.45, 2.75) is 18.1 Å². The van der Waals surface area contributed by atoms with E-state index in [4.69, 9.17) is 9.47 Å². The van der Waals surface area contributed by atoms with Crippen molar-refractivity contribution in [3.05, 3.63) is 82.6 Å². The van der Waals surface area contributed by atoms with E-state index in [0.717, 1.165) is 57.9 Å². The van der Waals surface area contributed by atoms with Crippen LogP contribution in [0.4, 0.5) is 0 Å². The molecule has 4 aliphatic rings. The van der Waals surface area contributed by atoms with Crippen LogP contribution in [0.5, 0.6) is 11.5 Å². The molecule has 3 heterocycles. The third kappa shape index (κ3) is 5.48. The van der Waals surface area contributed by atoms with Crippen LogP contribution in [-0.2, 0) is 21.6 Å². The highest BCUT2D eigenvalue weighted by molar-refractivity contribution is 5.96. The van der Waals surface area contributed by atoms with Gasteiger partial charge in [0.25, 0.3) is 0 Å². The Morgan fingerprint density at radius 1 is 0.951 bits per heavy atom. The van der Waals surface area contributed by atoms with Crippen molar-refractivity contribution in [1.29, 1.82) is 0 Å². The fourth-order valence-corrected chi connectivity index (χ4v) is 6.26. The van der Waals surface area contributed by atoms with Gasteiger partial charge in [-0.05, 0) is 35.9 Å². The maximum absolute atomic E-state index is 13.4. The highest BCUT2D eigenvalue weighted by Gasteiger charge is 2.58. The molecule has 0 amide bonds. The predicted octanol–water partition coefficient (Wildman–Crippen LogP) is 1.39. The number of nitrogens with one attached hydrogen (secondary N) is 3. The summed E-state index contributed by atoms with van der Waals surface area (Å²) in [6, 6.07) is 10.3. The summed E-state index contributed by atoms with van der Waals surface area (Å²) in [7, 11) is 0. The van der Waals surface area contributed by atoms with E-state index < -0.39 is 23.6 Å². The number of benzene rings is 2. The molecule has 5 N–H and O–H groups in total. The standard InChI is InChI=1S/C31H36N4O6/c36-21-2-5-26-28(17-21)40-29-18-22(37)3-6-27(29)31(26)25-4-1-20(16-24(25)30(39)41-31)15-23(38)19-35-13-11-33-9-7-32-8-10-34-12-14-35/h1-6,16-18,26,28,32-34,36-37H,7-15,19H2. The predicted molar refractivity (Wildman–Crippen MR) is 152 cm³/mol. The summed E-state index contributed by atoms with van der Waals surface area (Å²) in [5.74, 6) is -0.351. The quantitative estimate of drug-likeness (QED) is 0.350. The molecule has 2 aromatic rings. The van der Waals surface area contributed by atoms with Crippen LogP contribution in [-0.4, -0.2) is 91.9 Å². The second kappa shape index (κ2) is 11.7. The van der Waals surface area contributed by atoms with E-state index in [1.54, 1.807) is 36.4 Å². The van der Waals surface area contributed by atoms with E-state index >= 15 is 0 Å². The van der Waals surface area contributed by atoms with Gasteiger partial charge >= 0.3 is 5.97 Å². The number of aliphatic hydroxyl groups is 1. The Hall–Kier alpha value is -3.70. The van der Waals surface area contributed by atoms with Crippen molar-refractivity contribution >= 4 is 11.8 Å². The number of carbonyl (C=O) groups excluding carboxylic acids is 2. The first kappa shape index (κ1) is 27.5. The normalized spacial score (nSPS) is 26.4. The summed E-state index contributed by atoms with van der Waals surface area (Å²) >= 11 is 0. The molecule has 0 aromatic heterocycles. The minimum Gasteiger partial charge on any atom is -0.508 e. The number of carbonyl (C=O) groups is 2. The number of ketones is 1. The van der Waals surface area contributed by atoms with Gasteiger partial charge in [0, 0.05) is 76.0 Å². The number of hydrogen-bond acceptors (Lipinski definition) is 10. The number of aliphatic hydroxyl groups excluding tert-OH is 1. The van der Waals surface area contributed by atoms with Crippen molar-refractivity contribution in [2.24, 2.45) is 5.92 Å². The first-order valence-electron chi connectivity index (χ1n) is 14.3. The van der Waals surface area contributed by atoms with Crippen LogP contribution in [0.25, 0.3) is 0 Å². The third-order valence-electron chi connectivity index (χ3n) is 8.19. The van der Waals surface area contributed by atoms with E-state index in [1.165, 1.54) is 6.07 Å². The van der Waals surface area contributed by atoms with Crippen LogP contribution in [0.2, 0.25) is 0 Å². The highest BCUT2D eigenvalue weighted by atomic mass is 16.6. The highest BCUT2D eigenvalue weighted by Crippen LogP contribution is 2.56. The van der Waals surface area contributed by atoms with E-state index in [0.29, 0.717) is 29.0 Å². The first-order chi connectivity index (χ1) is 19.9. The van der Waals surface area contributed by atoms with Crippen molar-refractivity contribution in [3.63, 3.8) is 0 Å². The summed E-state index contributed by atoms with van der Waals surface area (Å²) in [5.41, 5.74) is 1.28. The molecule has 1 spiro atoms. The Bertz CT molecular complexity index is 1380. The molecule has 0 bridgehead atoms. The second-order valence-corrected chi connectivity index (χ2v) is 11.0. The Kier molecular flexibility index (Phi) is 7.81. The molecule has 0 radical (unpaired) electrons. The molecule has 1 aliphatic carbocycles. The van der Waals surface area contributed by atoms with Crippen LogP contribution in [0, 0.1) is 5.92 Å². The molecule has 41 heavy (non-hydrogen) atoms. The number of phenolic OH excluding ortho intramolecular Hbond substituents is 1. The first-order valence-corrected chi connectivity index (χ1v) is 14.3. The second-order valence-electron chi connectivity index (χ2n) is 11.0. The summed E-state index contributed by atoms with van der Waals surface area (Å²) in [4.78, 5) is 28.7. The molecule has 6 rings (SSSR count). The summed E-state index contributed by atoms with van der Waals surface area (Å²) < 4.78 is 12.3. The zero-order chi connectivity index (χ0) is 28.4. The molecular formula is C31H36N4O6. The molecule has 10 nitrogen and oxygen atoms in total. The number of esters is 1. The third-order valence-corrected chi connectivity index (χ3v) is 8.19. The average molecular weight is 561 g/mol. The molecule has 216 valence electrons. The summed E-state index contributed by atoms with van der Waals surface area (Å²) in [6.07, 6.45) is 4.57. The van der Waals surface area contributed by atoms with Crippen molar-refractivity contribution in [3.8, 4) is 11.5 Å². The number of ether oxygens (including phenoxy) is 2. The number of nitrogens with zero attached hydrogens (tertiary/aromatic N) is 1. The summed E-state index contributed by atoms with van der Waals surface area (Å²) in [5, 5.41) is 30.5. The van der Waals surface area contributed by atoms with E-state index in [9.17, 15) is 19.8 Å². The van der Waals surface area contributed by atoms with Crippen molar-refractivity contribution in [1.82, 2.24) is 20.9 Å². The summed E-state index contributed by atoms with van der Waals surface area (Å²) in [6.45, 7) is 7.14. The monoisotopic (exact) mass is 560 g/mol. The number of fused-ring (bicyclic) bond motifs is 6. The number of hydrogen-bond donors (Lipinski definition) is 5. The molecule has 3 unspecified atom stereocenters. The number of phenols is 1. The maximum atomic E-state index is 13.4. The van der Waals surface area contributed by atoms with E-state index in [1.807, 2.05) is 12.1 Å². The van der Waals surface area contributed by atoms with Crippen molar-refractivity contribution < 1.29 is 29.3 Å². The molecule has 3 aliphatic heterocycles. The smallest absolute Gasteiger partial charge is 0.339 e.